The number of ether oxygens (including phenoxy) is 2. The fourth-order valence-corrected chi connectivity index (χ4v) is 2.57. The molecule has 6 nitrogen and oxygen atoms in total. The number of carbonyl (C=O) groups excluding carboxylic acids is 1. The fourth-order valence-electron chi connectivity index (χ4n) is 2.57. The van der Waals surface area contributed by atoms with Crippen LogP contribution in [0.1, 0.15) is 23.2 Å². The van der Waals surface area contributed by atoms with E-state index in [0.717, 1.165) is 24.8 Å². The fraction of sp³-hybridized carbons (Fsp3) is 0.375. The van der Waals surface area contributed by atoms with E-state index in [2.05, 4.69) is 5.32 Å². The first-order chi connectivity index (χ1) is 10.7. The number of amides is 1. The van der Waals surface area contributed by atoms with E-state index in [-0.39, 0.29) is 23.1 Å². The van der Waals surface area contributed by atoms with Crippen LogP contribution in [0.2, 0.25) is 0 Å². The molecule has 0 bridgehead atoms. The first-order valence-electron chi connectivity index (χ1n) is 7.24. The van der Waals surface area contributed by atoms with E-state index >= 15 is 0 Å². The van der Waals surface area contributed by atoms with Crippen molar-refractivity contribution in [1.29, 1.82) is 5.41 Å². The van der Waals surface area contributed by atoms with E-state index in [4.69, 9.17) is 19.3 Å². The Hall–Kier alpha value is -2.34. The largest absolute Gasteiger partial charge is 0.493 e. The first kappa shape index (κ1) is 14.6. The highest BCUT2D eigenvalue weighted by Gasteiger charge is 2.18. The van der Waals surface area contributed by atoms with Crippen LogP contribution in [-0.4, -0.2) is 32.3 Å². The van der Waals surface area contributed by atoms with Gasteiger partial charge in [-0.05, 0) is 25.0 Å². The molecular weight excluding hydrogens is 284 g/mol. The van der Waals surface area contributed by atoms with Gasteiger partial charge in [0.05, 0.1) is 13.2 Å². The summed E-state index contributed by atoms with van der Waals surface area (Å²) in [6.45, 7) is 1.20. The molecule has 2 N–H and O–H groups in total. The van der Waals surface area contributed by atoms with Crippen molar-refractivity contribution in [2.45, 2.75) is 18.9 Å². The van der Waals surface area contributed by atoms with Crippen LogP contribution in [0, 0.1) is 5.41 Å². The Bertz CT molecular complexity index is 747. The van der Waals surface area contributed by atoms with E-state index in [9.17, 15) is 4.79 Å². The second kappa shape index (κ2) is 6.19. The third-order valence-electron chi connectivity index (χ3n) is 3.74. The number of benzene rings is 1. The molecule has 2 aromatic rings. The van der Waals surface area contributed by atoms with E-state index in [1.54, 1.807) is 12.1 Å². The number of para-hydroxylation sites is 1. The predicted molar refractivity (Wildman–Crippen MR) is 79.9 cm³/mol. The maximum Gasteiger partial charge on any atom is 0.256 e. The first-order valence-corrected chi connectivity index (χ1v) is 7.24. The molecule has 3 rings (SSSR count). The average Bonchev–Trinajstić information content (AvgIpc) is 3.05. The normalized spacial score (nSPS) is 17.6. The third kappa shape index (κ3) is 2.82. The molecular formula is C16H18N2O4. The lowest BCUT2D eigenvalue weighted by atomic mass is 10.1. The van der Waals surface area contributed by atoms with Crippen LogP contribution in [0.15, 0.2) is 28.7 Å². The number of rotatable bonds is 4. The van der Waals surface area contributed by atoms with Crippen LogP contribution in [0.3, 0.4) is 0 Å². The van der Waals surface area contributed by atoms with Gasteiger partial charge in [-0.1, -0.05) is 12.1 Å². The Morgan fingerprint density at radius 3 is 3.09 bits per heavy atom. The van der Waals surface area contributed by atoms with Crippen molar-refractivity contribution < 1.29 is 18.7 Å². The number of nitrogens with one attached hydrogen (secondary N) is 2. The minimum Gasteiger partial charge on any atom is -0.493 e. The number of methoxy groups -OCH3 is 1. The summed E-state index contributed by atoms with van der Waals surface area (Å²) in [5.74, 6) is 0.214. The summed E-state index contributed by atoms with van der Waals surface area (Å²) < 4.78 is 16.1. The van der Waals surface area contributed by atoms with Gasteiger partial charge >= 0.3 is 0 Å². The molecule has 116 valence electrons. The molecule has 0 radical (unpaired) electrons. The molecule has 0 aliphatic carbocycles. The maximum absolute atomic E-state index is 12.2. The van der Waals surface area contributed by atoms with Crippen molar-refractivity contribution in [1.82, 2.24) is 5.32 Å². The highest BCUT2D eigenvalue weighted by Crippen LogP contribution is 2.24. The highest BCUT2D eigenvalue weighted by molar-refractivity contribution is 5.97. The van der Waals surface area contributed by atoms with Crippen molar-refractivity contribution in [2.75, 3.05) is 20.3 Å². The van der Waals surface area contributed by atoms with Gasteiger partial charge in [-0.15, -0.1) is 0 Å². The second-order valence-corrected chi connectivity index (χ2v) is 5.21. The highest BCUT2D eigenvalue weighted by atomic mass is 16.5. The molecule has 1 aliphatic rings. The van der Waals surface area contributed by atoms with Crippen LogP contribution in [-0.2, 0) is 4.74 Å². The number of fused-ring (bicyclic) bond motifs is 1. The molecule has 0 spiro atoms. The molecule has 0 saturated carbocycles. The van der Waals surface area contributed by atoms with Gasteiger partial charge in [0, 0.05) is 18.5 Å². The number of hydrogen-bond donors (Lipinski definition) is 2. The minimum absolute atomic E-state index is 0.0654. The van der Waals surface area contributed by atoms with Gasteiger partial charge in [0.25, 0.3) is 5.91 Å². The monoisotopic (exact) mass is 302 g/mol. The standard InChI is InChI=1S/C16H18N2O4/c1-20-13-6-2-4-10-8-12(15(17)22-14(10)13)16(19)18-9-11-5-3-7-21-11/h2,4,6,8,11,17H,3,5,7,9H2,1H3,(H,18,19)/t11-/m1/s1. The van der Waals surface area contributed by atoms with Gasteiger partial charge in [0.2, 0.25) is 5.55 Å². The molecule has 1 fully saturated rings. The molecule has 22 heavy (non-hydrogen) atoms. The zero-order chi connectivity index (χ0) is 15.5. The molecule has 1 atom stereocenters. The Labute approximate surface area is 127 Å². The Morgan fingerprint density at radius 2 is 2.36 bits per heavy atom. The maximum atomic E-state index is 12.2. The van der Waals surface area contributed by atoms with Crippen LogP contribution in [0.4, 0.5) is 0 Å². The minimum atomic E-state index is -0.325. The van der Waals surface area contributed by atoms with Crippen molar-refractivity contribution in [3.63, 3.8) is 0 Å². The molecule has 6 heteroatoms. The Balaban J connectivity index is 1.85. The van der Waals surface area contributed by atoms with Crippen LogP contribution < -0.4 is 15.6 Å². The van der Waals surface area contributed by atoms with E-state index in [0.29, 0.717) is 17.9 Å². The van der Waals surface area contributed by atoms with Crippen LogP contribution >= 0.6 is 0 Å². The van der Waals surface area contributed by atoms with Gasteiger partial charge < -0.3 is 19.2 Å². The van der Waals surface area contributed by atoms with E-state index < -0.39 is 0 Å². The summed E-state index contributed by atoms with van der Waals surface area (Å²) >= 11 is 0. The second-order valence-electron chi connectivity index (χ2n) is 5.21. The van der Waals surface area contributed by atoms with E-state index in [1.165, 1.54) is 7.11 Å². The number of carbonyl (C=O) groups is 1. The number of hydrogen-bond acceptors (Lipinski definition) is 5. The summed E-state index contributed by atoms with van der Waals surface area (Å²) in [6.07, 6.45) is 2.04. The van der Waals surface area contributed by atoms with Crippen molar-refractivity contribution in [3.05, 3.63) is 35.4 Å². The Kier molecular flexibility index (Phi) is 4.11. The summed E-state index contributed by atoms with van der Waals surface area (Å²) in [5.41, 5.74) is 0.492. The lowest BCUT2D eigenvalue weighted by Gasteiger charge is -2.11. The van der Waals surface area contributed by atoms with Crippen LogP contribution in [0.25, 0.3) is 11.0 Å². The quantitative estimate of drug-likeness (QED) is 0.902. The SMILES string of the molecule is COc1cccc2cc(C(=O)NC[C@H]3CCCO3)c(=N)oc12. The summed E-state index contributed by atoms with van der Waals surface area (Å²) in [4.78, 5) is 12.2. The average molecular weight is 302 g/mol. The third-order valence-corrected chi connectivity index (χ3v) is 3.74. The van der Waals surface area contributed by atoms with Crippen molar-refractivity contribution >= 4 is 16.9 Å². The van der Waals surface area contributed by atoms with Crippen molar-refractivity contribution in [2.24, 2.45) is 0 Å². The van der Waals surface area contributed by atoms with Gasteiger partial charge in [-0.25, -0.2) is 0 Å². The van der Waals surface area contributed by atoms with Gasteiger partial charge in [-0.2, -0.15) is 0 Å². The molecule has 0 unspecified atom stereocenters. The van der Waals surface area contributed by atoms with Gasteiger partial charge in [-0.3, -0.25) is 10.2 Å². The molecule has 1 aromatic carbocycles. The summed E-state index contributed by atoms with van der Waals surface area (Å²) in [5, 5.41) is 11.4. The molecule has 1 amide bonds. The van der Waals surface area contributed by atoms with E-state index in [1.807, 2.05) is 12.1 Å². The topological polar surface area (TPSA) is 84.5 Å². The lowest BCUT2D eigenvalue weighted by Crippen LogP contribution is -2.34. The van der Waals surface area contributed by atoms with Gasteiger partial charge in [0.1, 0.15) is 5.56 Å². The summed E-state index contributed by atoms with van der Waals surface area (Å²) in [7, 11) is 1.54. The molecule has 1 aliphatic heterocycles. The molecule has 2 heterocycles. The zero-order valence-electron chi connectivity index (χ0n) is 12.3. The Morgan fingerprint density at radius 1 is 1.50 bits per heavy atom. The summed E-state index contributed by atoms with van der Waals surface area (Å²) in [6, 6.07) is 7.03. The van der Waals surface area contributed by atoms with Crippen molar-refractivity contribution in [3.8, 4) is 5.75 Å². The zero-order valence-corrected chi connectivity index (χ0v) is 12.3. The lowest BCUT2D eigenvalue weighted by molar-refractivity contribution is 0.0854. The predicted octanol–water partition coefficient (Wildman–Crippen LogP) is 1.83. The molecule has 1 saturated heterocycles. The molecule has 1 aromatic heterocycles. The van der Waals surface area contributed by atoms with Crippen LogP contribution in [0.5, 0.6) is 5.75 Å². The van der Waals surface area contributed by atoms with Gasteiger partial charge in [0.15, 0.2) is 11.3 Å². The smallest absolute Gasteiger partial charge is 0.256 e.